The first kappa shape index (κ1) is 12.3. The Bertz CT molecular complexity index is 216. The highest BCUT2D eigenvalue weighted by Gasteiger charge is 2.28. The zero-order chi connectivity index (χ0) is 11.5. The van der Waals surface area contributed by atoms with Crippen LogP contribution >= 0.6 is 0 Å². The summed E-state index contributed by atoms with van der Waals surface area (Å²) in [5, 5.41) is 0. The van der Waals surface area contributed by atoms with Gasteiger partial charge in [-0.15, -0.1) is 0 Å². The summed E-state index contributed by atoms with van der Waals surface area (Å²) in [5.41, 5.74) is 6.30. The molecule has 2 N–H and O–H groups in total. The Morgan fingerprint density at radius 2 is 2.12 bits per heavy atom. The largest absolute Gasteiger partial charge is 0.381 e. The third-order valence-corrected chi connectivity index (χ3v) is 4.26. The number of ether oxygens (including phenoxy) is 1. The van der Waals surface area contributed by atoms with E-state index in [1.165, 1.54) is 19.4 Å². The summed E-state index contributed by atoms with van der Waals surface area (Å²) in [6.07, 6.45) is 3.85. The van der Waals surface area contributed by atoms with Crippen LogP contribution in [-0.4, -0.2) is 43.3 Å². The van der Waals surface area contributed by atoms with E-state index in [1.54, 1.807) is 0 Å². The van der Waals surface area contributed by atoms with Crippen LogP contribution in [0.25, 0.3) is 0 Å². The predicted octanol–water partition coefficient (Wildman–Crippen LogP) is 1.47. The molecule has 2 saturated heterocycles. The summed E-state index contributed by atoms with van der Waals surface area (Å²) >= 11 is 0. The Morgan fingerprint density at radius 3 is 2.81 bits per heavy atom. The molecule has 16 heavy (non-hydrogen) atoms. The van der Waals surface area contributed by atoms with Crippen LogP contribution in [0.3, 0.4) is 0 Å². The molecule has 0 spiro atoms. The number of nitrogens with zero attached hydrogens (tertiary/aromatic N) is 1. The number of piperidine rings is 1. The van der Waals surface area contributed by atoms with Gasteiger partial charge in [0.15, 0.2) is 0 Å². The van der Waals surface area contributed by atoms with Gasteiger partial charge in [-0.3, -0.25) is 4.90 Å². The number of nitrogens with two attached hydrogens (primary N) is 1. The molecule has 0 aromatic carbocycles. The van der Waals surface area contributed by atoms with Gasteiger partial charge in [0.2, 0.25) is 0 Å². The molecule has 0 amide bonds. The van der Waals surface area contributed by atoms with Crippen LogP contribution in [0.1, 0.15) is 33.1 Å². The fourth-order valence-corrected chi connectivity index (χ4v) is 2.94. The van der Waals surface area contributed by atoms with E-state index in [9.17, 15) is 0 Å². The second-order valence-electron chi connectivity index (χ2n) is 5.77. The Balaban J connectivity index is 1.82. The van der Waals surface area contributed by atoms with Gasteiger partial charge in [-0.2, -0.15) is 0 Å². The minimum Gasteiger partial charge on any atom is -0.381 e. The highest BCUT2D eigenvalue weighted by molar-refractivity contribution is 4.84. The summed E-state index contributed by atoms with van der Waals surface area (Å²) in [4.78, 5) is 2.58. The van der Waals surface area contributed by atoms with Gasteiger partial charge < -0.3 is 10.5 Å². The minimum absolute atomic E-state index is 0.301. The van der Waals surface area contributed by atoms with Gasteiger partial charge in [-0.1, -0.05) is 6.92 Å². The Kier molecular flexibility index (Phi) is 4.22. The maximum Gasteiger partial charge on any atom is 0.0510 e. The molecule has 3 heteroatoms. The van der Waals surface area contributed by atoms with Crippen molar-refractivity contribution in [1.29, 1.82) is 0 Å². The summed E-state index contributed by atoms with van der Waals surface area (Å²) in [7, 11) is 0. The molecule has 2 aliphatic heterocycles. The van der Waals surface area contributed by atoms with E-state index in [0.29, 0.717) is 18.0 Å². The van der Waals surface area contributed by atoms with Crippen molar-refractivity contribution in [3.05, 3.63) is 0 Å². The lowest BCUT2D eigenvalue weighted by Crippen LogP contribution is -2.49. The Hall–Kier alpha value is -0.120. The van der Waals surface area contributed by atoms with Crippen LogP contribution in [0.4, 0.5) is 0 Å². The van der Waals surface area contributed by atoms with Gasteiger partial charge in [0.1, 0.15) is 0 Å². The molecule has 94 valence electrons. The fraction of sp³-hybridized carbons (Fsp3) is 1.00. The molecule has 2 fully saturated rings. The zero-order valence-corrected chi connectivity index (χ0v) is 10.7. The molecule has 0 aromatic heterocycles. The van der Waals surface area contributed by atoms with Gasteiger partial charge in [0.05, 0.1) is 6.61 Å². The molecular formula is C13H26N2O. The first-order valence-electron chi connectivity index (χ1n) is 6.74. The zero-order valence-electron chi connectivity index (χ0n) is 10.7. The first-order chi connectivity index (χ1) is 7.66. The number of hydrogen-bond donors (Lipinski definition) is 1. The maximum absolute atomic E-state index is 6.30. The van der Waals surface area contributed by atoms with Gasteiger partial charge in [0, 0.05) is 37.7 Å². The highest BCUT2D eigenvalue weighted by Crippen LogP contribution is 2.23. The normalized spacial score (nSPS) is 38.8. The molecule has 4 unspecified atom stereocenters. The molecule has 0 aliphatic carbocycles. The molecule has 0 saturated carbocycles. The summed E-state index contributed by atoms with van der Waals surface area (Å²) in [6.45, 7) is 8.75. The van der Waals surface area contributed by atoms with Crippen molar-refractivity contribution in [2.75, 3.05) is 26.3 Å². The van der Waals surface area contributed by atoms with E-state index < -0.39 is 0 Å². The number of likely N-dealkylation sites (tertiary alicyclic amines) is 1. The lowest BCUT2D eigenvalue weighted by atomic mass is 9.92. The van der Waals surface area contributed by atoms with Gasteiger partial charge in [-0.25, -0.2) is 0 Å². The molecule has 3 nitrogen and oxygen atoms in total. The van der Waals surface area contributed by atoms with Crippen molar-refractivity contribution in [2.24, 2.45) is 17.6 Å². The van der Waals surface area contributed by atoms with E-state index in [1.807, 2.05) is 0 Å². The SMILES string of the molecule is CC1CCC(C)N(CC(N)C2CCOC2)C1. The fourth-order valence-electron chi connectivity index (χ4n) is 2.94. The average Bonchev–Trinajstić information content (AvgIpc) is 2.76. The first-order valence-corrected chi connectivity index (χ1v) is 6.74. The second-order valence-corrected chi connectivity index (χ2v) is 5.77. The van der Waals surface area contributed by atoms with Crippen molar-refractivity contribution < 1.29 is 4.74 Å². The Morgan fingerprint density at radius 1 is 1.31 bits per heavy atom. The quantitative estimate of drug-likeness (QED) is 0.792. The molecular weight excluding hydrogens is 200 g/mol. The topological polar surface area (TPSA) is 38.5 Å². The summed E-state index contributed by atoms with van der Waals surface area (Å²) in [6, 6.07) is 1.01. The molecule has 0 radical (unpaired) electrons. The van der Waals surface area contributed by atoms with Crippen LogP contribution in [0.2, 0.25) is 0 Å². The monoisotopic (exact) mass is 226 g/mol. The van der Waals surface area contributed by atoms with Gasteiger partial charge in [-0.05, 0) is 32.1 Å². The third kappa shape index (κ3) is 2.96. The molecule has 2 aliphatic rings. The van der Waals surface area contributed by atoms with E-state index >= 15 is 0 Å². The lowest BCUT2D eigenvalue weighted by molar-refractivity contribution is 0.104. The smallest absolute Gasteiger partial charge is 0.0510 e. The van der Waals surface area contributed by atoms with Crippen molar-refractivity contribution in [3.8, 4) is 0 Å². The molecule has 4 atom stereocenters. The number of hydrogen-bond acceptors (Lipinski definition) is 3. The molecule has 2 rings (SSSR count). The van der Waals surface area contributed by atoms with Crippen LogP contribution in [0.15, 0.2) is 0 Å². The van der Waals surface area contributed by atoms with E-state index in [4.69, 9.17) is 10.5 Å². The second kappa shape index (κ2) is 5.48. The van der Waals surface area contributed by atoms with Crippen LogP contribution in [-0.2, 0) is 4.74 Å². The van der Waals surface area contributed by atoms with Crippen molar-refractivity contribution >= 4 is 0 Å². The average molecular weight is 226 g/mol. The van der Waals surface area contributed by atoms with Crippen LogP contribution in [0.5, 0.6) is 0 Å². The van der Waals surface area contributed by atoms with E-state index in [2.05, 4.69) is 18.7 Å². The van der Waals surface area contributed by atoms with Crippen molar-refractivity contribution in [2.45, 2.75) is 45.2 Å². The molecule has 0 bridgehead atoms. The maximum atomic E-state index is 6.30. The van der Waals surface area contributed by atoms with Gasteiger partial charge in [0.25, 0.3) is 0 Å². The van der Waals surface area contributed by atoms with Crippen molar-refractivity contribution in [3.63, 3.8) is 0 Å². The third-order valence-electron chi connectivity index (χ3n) is 4.26. The predicted molar refractivity (Wildman–Crippen MR) is 66.3 cm³/mol. The molecule has 2 heterocycles. The lowest BCUT2D eigenvalue weighted by Gasteiger charge is -2.39. The standard InChI is InChI=1S/C13H26N2O/c1-10-3-4-11(2)15(7-10)8-13(14)12-5-6-16-9-12/h10-13H,3-9,14H2,1-2H3. The molecule has 0 aromatic rings. The van der Waals surface area contributed by atoms with Crippen LogP contribution < -0.4 is 5.73 Å². The summed E-state index contributed by atoms with van der Waals surface area (Å²) < 4.78 is 5.42. The van der Waals surface area contributed by atoms with Gasteiger partial charge >= 0.3 is 0 Å². The highest BCUT2D eigenvalue weighted by atomic mass is 16.5. The minimum atomic E-state index is 0.301. The van der Waals surface area contributed by atoms with E-state index in [-0.39, 0.29) is 0 Å². The van der Waals surface area contributed by atoms with Crippen molar-refractivity contribution in [1.82, 2.24) is 4.90 Å². The summed E-state index contributed by atoms with van der Waals surface area (Å²) in [5.74, 6) is 1.42. The Labute approximate surface area is 99.3 Å². The van der Waals surface area contributed by atoms with Crippen LogP contribution in [0, 0.1) is 11.8 Å². The number of rotatable bonds is 3. The van der Waals surface area contributed by atoms with E-state index in [0.717, 1.165) is 32.1 Å².